The zero-order chi connectivity index (χ0) is 13.6. The molecule has 0 aromatic heterocycles. The molecule has 0 spiro atoms. The number of hydrogen-bond acceptors (Lipinski definition) is 3. The molecule has 0 radical (unpaired) electrons. The van der Waals surface area contributed by atoms with Gasteiger partial charge in [0, 0.05) is 5.92 Å². The van der Waals surface area contributed by atoms with E-state index in [4.69, 9.17) is 0 Å². The van der Waals surface area contributed by atoms with E-state index >= 15 is 0 Å². The highest BCUT2D eigenvalue weighted by Gasteiger charge is 2.56. The average molecular weight is 283 g/mol. The van der Waals surface area contributed by atoms with Crippen LogP contribution < -0.4 is 5.32 Å². The average Bonchev–Trinajstić information content (AvgIpc) is 2.83. The number of fused-ring (bicyclic) bond motifs is 1. The summed E-state index contributed by atoms with van der Waals surface area (Å²) >= 11 is 0. The molecular weight excluding hydrogens is 269 g/mol. The van der Waals surface area contributed by atoms with Gasteiger partial charge in [0.2, 0.25) is 5.91 Å². The molecule has 2 unspecified atom stereocenters. The van der Waals surface area contributed by atoms with Crippen LogP contribution in [0.2, 0.25) is 0 Å². The lowest BCUT2D eigenvalue weighted by Gasteiger charge is -2.09. The molecule has 2 fully saturated rings. The zero-order valence-electron chi connectivity index (χ0n) is 10.2. The number of benzene rings is 1. The van der Waals surface area contributed by atoms with Crippen LogP contribution in [0.4, 0.5) is 9.57 Å². The van der Waals surface area contributed by atoms with E-state index in [1.165, 1.54) is 12.1 Å². The molecule has 19 heavy (non-hydrogen) atoms. The molecule has 1 aromatic rings. The summed E-state index contributed by atoms with van der Waals surface area (Å²) in [5.41, 5.74) is 0.0278. The van der Waals surface area contributed by atoms with Crippen LogP contribution in [0.3, 0.4) is 0 Å². The van der Waals surface area contributed by atoms with Crippen molar-refractivity contribution in [2.45, 2.75) is 24.2 Å². The Hall–Kier alpha value is -1.43. The molecule has 0 bridgehead atoms. The number of rotatable bonds is 3. The second-order valence-electron chi connectivity index (χ2n) is 5.21. The van der Waals surface area contributed by atoms with Crippen LogP contribution in [-0.2, 0) is 15.0 Å². The number of carbonyl (C=O) groups excluding carboxylic acids is 1. The first-order chi connectivity index (χ1) is 8.98. The lowest BCUT2D eigenvalue weighted by atomic mass is 10.1. The molecule has 102 valence electrons. The third kappa shape index (κ3) is 2.25. The van der Waals surface area contributed by atoms with Crippen LogP contribution in [0.15, 0.2) is 29.2 Å². The fourth-order valence-corrected chi connectivity index (χ4v) is 3.83. The number of amides is 1. The number of carbonyl (C=O) groups is 1. The molecule has 6 heteroatoms. The van der Waals surface area contributed by atoms with Crippen molar-refractivity contribution >= 4 is 21.8 Å². The predicted molar refractivity (Wildman–Crippen MR) is 67.7 cm³/mol. The van der Waals surface area contributed by atoms with Gasteiger partial charge in [0.15, 0.2) is 0 Å². The van der Waals surface area contributed by atoms with Crippen LogP contribution in [0, 0.1) is 17.8 Å². The summed E-state index contributed by atoms with van der Waals surface area (Å²) in [6.45, 7) is 0. The Labute approximate surface area is 111 Å². The van der Waals surface area contributed by atoms with Gasteiger partial charge in [-0.2, -0.15) is 8.42 Å². The highest BCUT2D eigenvalue weighted by molar-refractivity contribution is 7.86. The maximum Gasteiger partial charge on any atom is 0.334 e. The van der Waals surface area contributed by atoms with Crippen LogP contribution in [-0.4, -0.2) is 14.3 Å². The molecular formula is C13H14FNO3S. The SMILES string of the molecule is O=C(Nc1ccccc1S(=O)(=O)F)C1C2CCCC21. The monoisotopic (exact) mass is 283 g/mol. The van der Waals surface area contributed by atoms with Crippen molar-refractivity contribution in [2.75, 3.05) is 5.32 Å². The van der Waals surface area contributed by atoms with Gasteiger partial charge in [0.25, 0.3) is 0 Å². The molecule has 0 saturated heterocycles. The van der Waals surface area contributed by atoms with Gasteiger partial charge in [-0.3, -0.25) is 4.79 Å². The molecule has 4 nitrogen and oxygen atoms in total. The summed E-state index contributed by atoms with van der Waals surface area (Å²) in [7, 11) is -4.82. The summed E-state index contributed by atoms with van der Waals surface area (Å²) in [5.74, 6) is 0.665. The standard InChI is InChI=1S/C13H14FNO3S/c14-19(17,18)11-7-2-1-6-10(11)15-13(16)12-8-4-3-5-9(8)12/h1-2,6-9,12H,3-5H2,(H,15,16). The normalized spacial score (nSPS) is 28.8. The van der Waals surface area contributed by atoms with Gasteiger partial charge in [-0.1, -0.05) is 18.6 Å². The number of anilines is 1. The van der Waals surface area contributed by atoms with Crippen molar-refractivity contribution in [2.24, 2.45) is 17.8 Å². The summed E-state index contributed by atoms with van der Waals surface area (Å²) in [6.07, 6.45) is 3.28. The van der Waals surface area contributed by atoms with Gasteiger partial charge < -0.3 is 5.32 Å². The van der Waals surface area contributed by atoms with Crippen LogP contribution in [0.25, 0.3) is 0 Å². The van der Waals surface area contributed by atoms with E-state index in [0.717, 1.165) is 25.3 Å². The van der Waals surface area contributed by atoms with E-state index in [9.17, 15) is 17.1 Å². The number of halogens is 1. The first-order valence-corrected chi connectivity index (χ1v) is 7.71. The van der Waals surface area contributed by atoms with Crippen LogP contribution in [0.1, 0.15) is 19.3 Å². The Bertz CT molecular complexity index is 619. The molecule has 0 heterocycles. The van der Waals surface area contributed by atoms with E-state index in [0.29, 0.717) is 11.8 Å². The predicted octanol–water partition coefficient (Wildman–Crippen LogP) is 2.33. The van der Waals surface area contributed by atoms with Gasteiger partial charge in [0.1, 0.15) is 4.90 Å². The molecule has 1 aromatic carbocycles. The van der Waals surface area contributed by atoms with Gasteiger partial charge in [-0.25, -0.2) is 0 Å². The van der Waals surface area contributed by atoms with E-state index < -0.39 is 15.1 Å². The van der Waals surface area contributed by atoms with Gasteiger partial charge in [0.05, 0.1) is 5.69 Å². The summed E-state index contributed by atoms with van der Waals surface area (Å²) in [5, 5.41) is 2.55. The van der Waals surface area contributed by atoms with Crippen molar-refractivity contribution in [3.63, 3.8) is 0 Å². The molecule has 3 rings (SSSR count). The summed E-state index contributed by atoms with van der Waals surface area (Å²) in [4.78, 5) is 11.6. The Balaban J connectivity index is 1.79. The topological polar surface area (TPSA) is 63.2 Å². The molecule has 2 aliphatic carbocycles. The second-order valence-corrected chi connectivity index (χ2v) is 6.52. The largest absolute Gasteiger partial charge is 0.334 e. The molecule has 1 N–H and O–H groups in total. The van der Waals surface area contributed by atoms with Crippen molar-refractivity contribution in [3.05, 3.63) is 24.3 Å². The minimum absolute atomic E-state index is 0.0240. The number of hydrogen-bond donors (Lipinski definition) is 1. The first kappa shape index (κ1) is 12.6. The number of nitrogens with one attached hydrogen (secondary N) is 1. The third-order valence-electron chi connectivity index (χ3n) is 4.12. The first-order valence-electron chi connectivity index (χ1n) is 6.33. The van der Waals surface area contributed by atoms with E-state index in [2.05, 4.69) is 5.32 Å². The molecule has 1 amide bonds. The molecule has 0 aliphatic heterocycles. The Morgan fingerprint density at radius 3 is 2.47 bits per heavy atom. The minimum Gasteiger partial charge on any atom is -0.325 e. The maximum atomic E-state index is 13.1. The highest BCUT2D eigenvalue weighted by atomic mass is 32.3. The van der Waals surface area contributed by atoms with Crippen LogP contribution >= 0.6 is 0 Å². The minimum atomic E-state index is -4.82. The van der Waals surface area contributed by atoms with Gasteiger partial charge in [-0.15, -0.1) is 3.89 Å². The molecule has 2 aliphatic rings. The van der Waals surface area contributed by atoms with Crippen molar-refractivity contribution in [1.29, 1.82) is 0 Å². The van der Waals surface area contributed by atoms with E-state index in [1.807, 2.05) is 0 Å². The van der Waals surface area contributed by atoms with Crippen LogP contribution in [0.5, 0.6) is 0 Å². The molecule has 2 atom stereocenters. The smallest absolute Gasteiger partial charge is 0.325 e. The van der Waals surface area contributed by atoms with E-state index in [-0.39, 0.29) is 17.5 Å². The third-order valence-corrected chi connectivity index (χ3v) is 5.00. The fourth-order valence-electron chi connectivity index (χ4n) is 3.21. The van der Waals surface area contributed by atoms with Crippen molar-refractivity contribution < 1.29 is 17.1 Å². The van der Waals surface area contributed by atoms with E-state index in [1.54, 1.807) is 6.07 Å². The highest BCUT2D eigenvalue weighted by Crippen LogP contribution is 2.57. The zero-order valence-corrected chi connectivity index (χ0v) is 11.0. The maximum absolute atomic E-state index is 13.1. The summed E-state index contributed by atoms with van der Waals surface area (Å²) < 4.78 is 35.1. The van der Waals surface area contributed by atoms with Crippen molar-refractivity contribution in [3.8, 4) is 0 Å². The number of para-hydroxylation sites is 1. The Kier molecular flexibility index (Phi) is 2.85. The van der Waals surface area contributed by atoms with Gasteiger partial charge in [-0.05, 0) is 36.8 Å². The lowest BCUT2D eigenvalue weighted by Crippen LogP contribution is -2.18. The lowest BCUT2D eigenvalue weighted by molar-refractivity contribution is -0.118. The summed E-state index contributed by atoms with van der Waals surface area (Å²) in [6, 6.07) is 5.55. The second kappa shape index (κ2) is 4.30. The van der Waals surface area contributed by atoms with Crippen molar-refractivity contribution in [1.82, 2.24) is 0 Å². The Morgan fingerprint density at radius 1 is 1.21 bits per heavy atom. The fraction of sp³-hybridized carbons (Fsp3) is 0.462. The Morgan fingerprint density at radius 2 is 1.84 bits per heavy atom. The quantitative estimate of drug-likeness (QED) is 0.866. The molecule has 2 saturated carbocycles. The van der Waals surface area contributed by atoms with Gasteiger partial charge >= 0.3 is 10.2 Å².